The molecular formula is C21H21F3O3. The fourth-order valence-corrected chi connectivity index (χ4v) is 3.05. The number of halogens is 3. The summed E-state index contributed by atoms with van der Waals surface area (Å²) in [6.07, 6.45) is -1.97. The summed E-state index contributed by atoms with van der Waals surface area (Å²) in [5.41, 5.74) is 2.98. The zero-order valence-electron chi connectivity index (χ0n) is 14.9. The van der Waals surface area contributed by atoms with Gasteiger partial charge in [0, 0.05) is 0 Å². The van der Waals surface area contributed by atoms with Crippen molar-refractivity contribution in [3.63, 3.8) is 0 Å². The number of hydrogen-bond acceptors (Lipinski definition) is 2. The summed E-state index contributed by atoms with van der Waals surface area (Å²) >= 11 is 0. The van der Waals surface area contributed by atoms with Gasteiger partial charge in [0.25, 0.3) is 0 Å². The van der Waals surface area contributed by atoms with Crippen molar-refractivity contribution in [2.24, 2.45) is 5.92 Å². The van der Waals surface area contributed by atoms with Gasteiger partial charge in [0.1, 0.15) is 5.75 Å². The minimum atomic E-state index is -4.46. The quantitative estimate of drug-likeness (QED) is 0.685. The first-order chi connectivity index (χ1) is 12.7. The highest BCUT2D eigenvalue weighted by Crippen LogP contribution is 2.40. The third kappa shape index (κ3) is 5.49. The molecule has 0 aliphatic heterocycles. The van der Waals surface area contributed by atoms with Gasteiger partial charge >= 0.3 is 12.1 Å². The molecule has 1 N–H and O–H groups in total. The summed E-state index contributed by atoms with van der Waals surface area (Å²) in [6.45, 7) is 0.526. The van der Waals surface area contributed by atoms with Crippen LogP contribution < -0.4 is 4.74 Å². The number of benzene rings is 2. The minimum absolute atomic E-state index is 0.0300. The Morgan fingerprint density at radius 1 is 1.15 bits per heavy atom. The van der Waals surface area contributed by atoms with E-state index in [2.05, 4.69) is 0 Å². The molecule has 144 valence electrons. The summed E-state index contributed by atoms with van der Waals surface area (Å²) in [5, 5.41) is 9.63. The summed E-state index contributed by atoms with van der Waals surface area (Å²) < 4.78 is 42.6. The minimum Gasteiger partial charge on any atom is -0.484 e. The molecule has 0 bridgehead atoms. The Labute approximate surface area is 155 Å². The first-order valence-corrected chi connectivity index (χ1v) is 8.85. The van der Waals surface area contributed by atoms with Crippen molar-refractivity contribution in [3.8, 4) is 16.9 Å². The Hall–Kier alpha value is -2.50. The number of rotatable bonds is 7. The van der Waals surface area contributed by atoms with Gasteiger partial charge in [0.2, 0.25) is 0 Å². The van der Waals surface area contributed by atoms with Crippen LogP contribution >= 0.6 is 0 Å². The van der Waals surface area contributed by atoms with Gasteiger partial charge in [-0.15, -0.1) is 0 Å². The molecule has 2 aromatic rings. The molecule has 6 heteroatoms. The maximum absolute atomic E-state index is 12.6. The van der Waals surface area contributed by atoms with Crippen LogP contribution in [0, 0.1) is 12.8 Å². The Balaban J connectivity index is 1.98. The Morgan fingerprint density at radius 3 is 2.37 bits per heavy atom. The monoisotopic (exact) mass is 378 g/mol. The molecule has 1 fully saturated rings. The van der Waals surface area contributed by atoms with Gasteiger partial charge in [0.05, 0.1) is 5.92 Å². The maximum atomic E-state index is 12.6. The van der Waals surface area contributed by atoms with Crippen LogP contribution in [0.5, 0.6) is 5.75 Å². The summed E-state index contributed by atoms with van der Waals surface area (Å²) in [7, 11) is 0. The fraction of sp³-hybridized carbons (Fsp3) is 0.381. The van der Waals surface area contributed by atoms with Gasteiger partial charge in [0.15, 0.2) is 6.61 Å². The number of aryl methyl sites for hydroxylation is 1. The lowest BCUT2D eigenvalue weighted by Gasteiger charge is -2.17. The molecule has 0 amide bonds. The molecule has 0 aromatic heterocycles. The van der Waals surface area contributed by atoms with Crippen molar-refractivity contribution in [2.75, 3.05) is 6.61 Å². The molecule has 1 saturated carbocycles. The number of alkyl halides is 3. The second kappa shape index (κ2) is 7.62. The fourth-order valence-electron chi connectivity index (χ4n) is 3.05. The second-order valence-electron chi connectivity index (χ2n) is 7.13. The van der Waals surface area contributed by atoms with Crippen molar-refractivity contribution in [3.05, 3.63) is 53.6 Å². The number of hydrogen-bond donors (Lipinski definition) is 1. The lowest BCUT2D eigenvalue weighted by molar-refractivity contribution is -0.153. The average Bonchev–Trinajstić information content (AvgIpc) is 3.41. The van der Waals surface area contributed by atoms with Crippen LogP contribution in [0.15, 0.2) is 42.5 Å². The summed E-state index contributed by atoms with van der Waals surface area (Å²) in [6, 6.07) is 12.2. The molecular weight excluding hydrogens is 357 g/mol. The van der Waals surface area contributed by atoms with E-state index in [4.69, 9.17) is 4.74 Å². The summed E-state index contributed by atoms with van der Waals surface area (Å²) in [5.74, 6) is -1.32. The number of aliphatic carboxylic acids is 1. The first kappa shape index (κ1) is 19.3. The van der Waals surface area contributed by atoms with E-state index < -0.39 is 24.7 Å². The average molecular weight is 378 g/mol. The standard InChI is InChI=1S/C21H21F3O3/c1-13-2-6-15(7-3-13)16-9-17(19(20(25)26)8-14-4-5-14)11-18(10-16)27-12-21(22,23)24/h2-3,6-7,9-11,14,19H,4-5,8,12H2,1H3,(H,25,26). The Morgan fingerprint density at radius 2 is 1.81 bits per heavy atom. The summed E-state index contributed by atoms with van der Waals surface area (Å²) in [4.78, 5) is 11.8. The van der Waals surface area contributed by atoms with Gasteiger partial charge in [-0.1, -0.05) is 48.7 Å². The molecule has 27 heavy (non-hydrogen) atoms. The van der Waals surface area contributed by atoms with Crippen LogP contribution in [-0.2, 0) is 4.79 Å². The zero-order chi connectivity index (χ0) is 19.6. The normalized spacial score (nSPS) is 15.4. The van der Waals surface area contributed by atoms with Crippen LogP contribution in [0.4, 0.5) is 13.2 Å². The van der Waals surface area contributed by atoms with Crippen LogP contribution in [-0.4, -0.2) is 23.9 Å². The molecule has 2 aromatic carbocycles. The molecule has 0 saturated heterocycles. The Kier molecular flexibility index (Phi) is 5.44. The first-order valence-electron chi connectivity index (χ1n) is 8.85. The van der Waals surface area contributed by atoms with Crippen molar-refractivity contribution in [1.82, 2.24) is 0 Å². The molecule has 0 spiro atoms. The van der Waals surface area contributed by atoms with Gasteiger partial charge in [-0.25, -0.2) is 0 Å². The van der Waals surface area contributed by atoms with E-state index in [1.54, 1.807) is 6.07 Å². The van der Waals surface area contributed by atoms with Crippen LogP contribution in [0.25, 0.3) is 11.1 Å². The maximum Gasteiger partial charge on any atom is 0.422 e. The molecule has 3 nitrogen and oxygen atoms in total. The van der Waals surface area contributed by atoms with E-state index in [0.29, 0.717) is 23.5 Å². The molecule has 0 heterocycles. The van der Waals surface area contributed by atoms with Gasteiger partial charge in [-0.05, 0) is 48.1 Å². The third-order valence-corrected chi connectivity index (χ3v) is 4.68. The van der Waals surface area contributed by atoms with E-state index >= 15 is 0 Å². The number of carboxylic acids is 1. The van der Waals surface area contributed by atoms with Crippen molar-refractivity contribution >= 4 is 5.97 Å². The van der Waals surface area contributed by atoms with E-state index in [9.17, 15) is 23.1 Å². The van der Waals surface area contributed by atoms with Crippen LogP contribution in [0.2, 0.25) is 0 Å². The van der Waals surface area contributed by atoms with Crippen LogP contribution in [0.3, 0.4) is 0 Å². The van der Waals surface area contributed by atoms with Gasteiger partial charge in [-0.2, -0.15) is 13.2 Å². The van der Waals surface area contributed by atoms with E-state index in [-0.39, 0.29) is 5.75 Å². The van der Waals surface area contributed by atoms with Gasteiger partial charge < -0.3 is 9.84 Å². The molecule has 0 radical (unpaired) electrons. The zero-order valence-corrected chi connectivity index (χ0v) is 14.9. The van der Waals surface area contributed by atoms with E-state index in [0.717, 1.165) is 24.0 Å². The van der Waals surface area contributed by atoms with Crippen molar-refractivity contribution < 1.29 is 27.8 Å². The largest absolute Gasteiger partial charge is 0.484 e. The second-order valence-corrected chi connectivity index (χ2v) is 7.13. The van der Waals surface area contributed by atoms with Crippen molar-refractivity contribution in [1.29, 1.82) is 0 Å². The highest BCUT2D eigenvalue weighted by atomic mass is 19.4. The Bertz CT molecular complexity index is 808. The smallest absolute Gasteiger partial charge is 0.422 e. The molecule has 1 unspecified atom stereocenters. The number of carboxylic acid groups (broad SMARTS) is 1. The lowest BCUT2D eigenvalue weighted by atomic mass is 9.90. The number of ether oxygens (including phenoxy) is 1. The molecule has 3 rings (SSSR count). The third-order valence-electron chi connectivity index (χ3n) is 4.68. The molecule has 1 aliphatic rings. The predicted octanol–water partition coefficient (Wildman–Crippen LogP) is 5.57. The van der Waals surface area contributed by atoms with Crippen molar-refractivity contribution in [2.45, 2.75) is 38.3 Å². The highest BCUT2D eigenvalue weighted by Gasteiger charge is 2.32. The van der Waals surface area contributed by atoms with E-state index in [1.807, 2.05) is 31.2 Å². The van der Waals surface area contributed by atoms with E-state index in [1.165, 1.54) is 12.1 Å². The van der Waals surface area contributed by atoms with Crippen LogP contribution in [0.1, 0.15) is 36.3 Å². The topological polar surface area (TPSA) is 46.5 Å². The lowest BCUT2D eigenvalue weighted by Crippen LogP contribution is -2.19. The van der Waals surface area contributed by atoms with Gasteiger partial charge in [-0.3, -0.25) is 4.79 Å². The molecule has 1 aliphatic carbocycles. The molecule has 1 atom stereocenters. The highest BCUT2D eigenvalue weighted by molar-refractivity contribution is 5.78. The SMILES string of the molecule is Cc1ccc(-c2cc(OCC(F)(F)F)cc(C(CC3CC3)C(=O)O)c2)cc1. The predicted molar refractivity (Wildman–Crippen MR) is 95.9 cm³/mol. The number of carbonyl (C=O) groups is 1.